The third-order valence-electron chi connectivity index (χ3n) is 4.15. The van der Waals surface area contributed by atoms with Crippen LogP contribution >= 0.6 is 11.6 Å². The standard InChI is InChI=1S/C19H22ClN3/c1-16(18-7-9-19(20)10-8-18)21-23-13-11-22(12-14-23)15-17-5-3-2-4-6-17/h2-10H,11-15H2,1H3/b21-16+. The topological polar surface area (TPSA) is 18.8 Å². The molecule has 120 valence electrons. The van der Waals surface area contributed by atoms with Crippen molar-refractivity contribution in [3.8, 4) is 0 Å². The fourth-order valence-electron chi connectivity index (χ4n) is 2.80. The number of hydrogen-bond acceptors (Lipinski definition) is 3. The van der Waals surface area contributed by atoms with E-state index in [0.717, 1.165) is 49.0 Å². The van der Waals surface area contributed by atoms with E-state index < -0.39 is 0 Å². The van der Waals surface area contributed by atoms with Gasteiger partial charge in [0.1, 0.15) is 0 Å². The Kier molecular flexibility index (Phi) is 5.31. The first-order valence-electron chi connectivity index (χ1n) is 8.03. The summed E-state index contributed by atoms with van der Waals surface area (Å²) in [4.78, 5) is 2.49. The Morgan fingerprint density at radius 1 is 0.957 bits per heavy atom. The first-order valence-corrected chi connectivity index (χ1v) is 8.41. The van der Waals surface area contributed by atoms with E-state index in [4.69, 9.17) is 16.7 Å². The Bertz CT molecular complexity index is 644. The van der Waals surface area contributed by atoms with E-state index in [2.05, 4.69) is 47.2 Å². The summed E-state index contributed by atoms with van der Waals surface area (Å²) in [5, 5.41) is 7.69. The number of halogens is 1. The van der Waals surface area contributed by atoms with E-state index in [-0.39, 0.29) is 0 Å². The fraction of sp³-hybridized carbons (Fsp3) is 0.316. The zero-order valence-electron chi connectivity index (χ0n) is 13.5. The highest BCUT2D eigenvalue weighted by atomic mass is 35.5. The van der Waals surface area contributed by atoms with Gasteiger partial charge in [0.05, 0.1) is 5.71 Å². The molecule has 1 aliphatic rings. The molecule has 0 saturated carbocycles. The lowest BCUT2D eigenvalue weighted by Crippen LogP contribution is -2.43. The highest BCUT2D eigenvalue weighted by Crippen LogP contribution is 2.12. The van der Waals surface area contributed by atoms with Gasteiger partial charge in [-0.3, -0.25) is 9.91 Å². The SMILES string of the molecule is C/C(=N\N1CCN(Cc2ccccc2)CC1)c1ccc(Cl)cc1. The lowest BCUT2D eigenvalue weighted by Gasteiger charge is -2.33. The van der Waals surface area contributed by atoms with Crippen molar-refractivity contribution in [2.75, 3.05) is 26.2 Å². The van der Waals surface area contributed by atoms with Crippen molar-refractivity contribution in [2.45, 2.75) is 13.5 Å². The number of benzene rings is 2. The highest BCUT2D eigenvalue weighted by molar-refractivity contribution is 6.30. The molecule has 0 atom stereocenters. The molecule has 0 aromatic heterocycles. The summed E-state index contributed by atoms with van der Waals surface area (Å²) < 4.78 is 0. The van der Waals surface area contributed by atoms with Gasteiger partial charge in [-0.1, -0.05) is 54.1 Å². The van der Waals surface area contributed by atoms with Crippen LogP contribution in [-0.4, -0.2) is 41.8 Å². The second kappa shape index (κ2) is 7.62. The van der Waals surface area contributed by atoms with Crippen molar-refractivity contribution in [3.63, 3.8) is 0 Å². The van der Waals surface area contributed by atoms with Gasteiger partial charge >= 0.3 is 0 Å². The van der Waals surface area contributed by atoms with E-state index in [1.807, 2.05) is 24.3 Å². The Morgan fingerprint density at radius 2 is 1.61 bits per heavy atom. The number of piperazine rings is 1. The number of rotatable bonds is 4. The Balaban J connectivity index is 1.54. The molecular formula is C19H22ClN3. The molecule has 1 saturated heterocycles. The zero-order chi connectivity index (χ0) is 16.1. The zero-order valence-corrected chi connectivity index (χ0v) is 14.2. The molecule has 0 spiro atoms. The average molecular weight is 328 g/mol. The summed E-state index contributed by atoms with van der Waals surface area (Å²) in [7, 11) is 0. The average Bonchev–Trinajstić information content (AvgIpc) is 2.58. The van der Waals surface area contributed by atoms with Gasteiger partial charge in [-0.05, 0) is 30.2 Å². The van der Waals surface area contributed by atoms with Crippen molar-refractivity contribution in [2.24, 2.45) is 5.10 Å². The van der Waals surface area contributed by atoms with E-state index >= 15 is 0 Å². The molecule has 0 bridgehead atoms. The van der Waals surface area contributed by atoms with Crippen LogP contribution in [0.15, 0.2) is 59.7 Å². The van der Waals surface area contributed by atoms with Crippen LogP contribution in [-0.2, 0) is 6.54 Å². The van der Waals surface area contributed by atoms with Crippen molar-refractivity contribution >= 4 is 17.3 Å². The largest absolute Gasteiger partial charge is 0.295 e. The molecule has 2 aromatic carbocycles. The highest BCUT2D eigenvalue weighted by Gasteiger charge is 2.15. The summed E-state index contributed by atoms with van der Waals surface area (Å²) >= 11 is 5.93. The van der Waals surface area contributed by atoms with Gasteiger partial charge in [-0.25, -0.2) is 0 Å². The Morgan fingerprint density at radius 3 is 2.26 bits per heavy atom. The molecule has 4 heteroatoms. The molecule has 0 radical (unpaired) electrons. The molecule has 0 N–H and O–H groups in total. The summed E-state index contributed by atoms with van der Waals surface area (Å²) in [6.45, 7) is 7.11. The van der Waals surface area contributed by atoms with Crippen LogP contribution in [0.25, 0.3) is 0 Å². The molecule has 23 heavy (non-hydrogen) atoms. The van der Waals surface area contributed by atoms with Crippen LogP contribution in [0.1, 0.15) is 18.1 Å². The van der Waals surface area contributed by atoms with E-state index in [9.17, 15) is 0 Å². The number of hydrazone groups is 1. The molecule has 1 fully saturated rings. The molecule has 1 aliphatic heterocycles. The molecule has 0 unspecified atom stereocenters. The minimum absolute atomic E-state index is 0.760. The van der Waals surface area contributed by atoms with Gasteiger partial charge in [0.25, 0.3) is 0 Å². The molecule has 0 aliphatic carbocycles. The van der Waals surface area contributed by atoms with Crippen molar-refractivity contribution in [1.82, 2.24) is 9.91 Å². The third kappa shape index (κ3) is 4.57. The van der Waals surface area contributed by atoms with Crippen LogP contribution in [0.5, 0.6) is 0 Å². The van der Waals surface area contributed by atoms with Gasteiger partial charge in [-0.15, -0.1) is 0 Å². The third-order valence-corrected chi connectivity index (χ3v) is 4.40. The summed E-state index contributed by atoms with van der Waals surface area (Å²) in [6, 6.07) is 18.5. The van der Waals surface area contributed by atoms with E-state index in [1.165, 1.54) is 5.56 Å². The summed E-state index contributed by atoms with van der Waals surface area (Å²) in [5.41, 5.74) is 3.54. The molecule has 1 heterocycles. The number of nitrogens with zero attached hydrogens (tertiary/aromatic N) is 3. The summed E-state index contributed by atoms with van der Waals surface area (Å²) in [6.07, 6.45) is 0. The first-order chi connectivity index (χ1) is 11.2. The quantitative estimate of drug-likeness (QED) is 0.794. The van der Waals surface area contributed by atoms with Crippen LogP contribution in [0.4, 0.5) is 0 Å². The maximum absolute atomic E-state index is 5.93. The minimum atomic E-state index is 0.760. The monoisotopic (exact) mass is 327 g/mol. The maximum atomic E-state index is 5.93. The van der Waals surface area contributed by atoms with Gasteiger partial charge < -0.3 is 0 Å². The molecule has 3 rings (SSSR count). The van der Waals surface area contributed by atoms with Crippen molar-refractivity contribution < 1.29 is 0 Å². The van der Waals surface area contributed by atoms with E-state index in [0.29, 0.717) is 0 Å². The lowest BCUT2D eigenvalue weighted by molar-refractivity contribution is 0.130. The maximum Gasteiger partial charge on any atom is 0.0646 e. The predicted molar refractivity (Wildman–Crippen MR) is 97.0 cm³/mol. The molecule has 2 aromatic rings. The van der Waals surface area contributed by atoms with Gasteiger partial charge in [0, 0.05) is 37.7 Å². The first kappa shape index (κ1) is 16.0. The summed E-state index contributed by atoms with van der Waals surface area (Å²) in [5.74, 6) is 0. The van der Waals surface area contributed by atoms with Gasteiger partial charge in [0.2, 0.25) is 0 Å². The smallest absolute Gasteiger partial charge is 0.0646 e. The van der Waals surface area contributed by atoms with Crippen molar-refractivity contribution in [3.05, 3.63) is 70.7 Å². The Labute approximate surface area is 143 Å². The normalized spacial score (nSPS) is 16.6. The minimum Gasteiger partial charge on any atom is -0.295 e. The Hall–Kier alpha value is -1.84. The van der Waals surface area contributed by atoms with Crippen molar-refractivity contribution in [1.29, 1.82) is 0 Å². The van der Waals surface area contributed by atoms with Gasteiger partial charge in [0.15, 0.2) is 0 Å². The molecule has 3 nitrogen and oxygen atoms in total. The van der Waals surface area contributed by atoms with Crippen LogP contribution in [0, 0.1) is 0 Å². The van der Waals surface area contributed by atoms with Gasteiger partial charge in [-0.2, -0.15) is 5.10 Å². The predicted octanol–water partition coefficient (Wildman–Crippen LogP) is 3.88. The van der Waals surface area contributed by atoms with Crippen LogP contribution in [0.2, 0.25) is 5.02 Å². The van der Waals surface area contributed by atoms with Crippen LogP contribution in [0.3, 0.4) is 0 Å². The lowest BCUT2D eigenvalue weighted by atomic mass is 10.1. The second-order valence-corrected chi connectivity index (χ2v) is 6.34. The van der Waals surface area contributed by atoms with E-state index in [1.54, 1.807) is 0 Å². The van der Waals surface area contributed by atoms with Crippen LogP contribution < -0.4 is 0 Å². The second-order valence-electron chi connectivity index (χ2n) is 5.91. The molecule has 0 amide bonds. The molecular weight excluding hydrogens is 306 g/mol. The number of hydrogen-bond donors (Lipinski definition) is 0. The fourth-order valence-corrected chi connectivity index (χ4v) is 2.92.